The van der Waals surface area contributed by atoms with Gasteiger partial charge < -0.3 is 14.8 Å². The number of rotatable bonds is 4. The molecule has 2 aromatic carbocycles. The Hall–Kier alpha value is -2.60. The van der Waals surface area contributed by atoms with Crippen LogP contribution in [0.2, 0.25) is 0 Å². The first-order chi connectivity index (χ1) is 11.1. The second-order valence-electron chi connectivity index (χ2n) is 4.76. The Balaban J connectivity index is 2.16. The van der Waals surface area contributed by atoms with Gasteiger partial charge >= 0.3 is 0 Å². The van der Waals surface area contributed by atoms with Gasteiger partial charge in [0.1, 0.15) is 17.1 Å². The summed E-state index contributed by atoms with van der Waals surface area (Å²) in [4.78, 5) is 12.5. The lowest BCUT2D eigenvalue weighted by molar-refractivity contribution is 0.0971. The lowest BCUT2D eigenvalue weighted by Gasteiger charge is -2.15. The van der Waals surface area contributed by atoms with Crippen LogP contribution in [0.3, 0.4) is 0 Å². The maximum atomic E-state index is 12.5. The predicted molar refractivity (Wildman–Crippen MR) is 94.4 cm³/mol. The van der Waals surface area contributed by atoms with E-state index in [1.165, 1.54) is 14.2 Å². The topological polar surface area (TPSA) is 59.6 Å². The van der Waals surface area contributed by atoms with Gasteiger partial charge in [0.2, 0.25) is 0 Å². The molecule has 1 amide bonds. The van der Waals surface area contributed by atoms with E-state index in [4.69, 9.17) is 21.7 Å². The van der Waals surface area contributed by atoms with Gasteiger partial charge in [0, 0.05) is 5.69 Å². The smallest absolute Gasteiger partial charge is 0.264 e. The average molecular weight is 330 g/mol. The van der Waals surface area contributed by atoms with Gasteiger partial charge in [0.05, 0.1) is 14.2 Å². The van der Waals surface area contributed by atoms with Crippen LogP contribution in [0.25, 0.3) is 0 Å². The van der Waals surface area contributed by atoms with E-state index >= 15 is 0 Å². The average Bonchev–Trinajstić information content (AvgIpc) is 2.55. The molecular weight excluding hydrogens is 312 g/mol. The number of nitrogens with one attached hydrogen (secondary N) is 2. The van der Waals surface area contributed by atoms with Crippen molar-refractivity contribution < 1.29 is 14.3 Å². The molecule has 23 heavy (non-hydrogen) atoms. The summed E-state index contributed by atoms with van der Waals surface area (Å²) in [6.07, 6.45) is 0. The first-order valence-corrected chi connectivity index (χ1v) is 7.36. The van der Waals surface area contributed by atoms with E-state index in [9.17, 15) is 4.79 Å². The van der Waals surface area contributed by atoms with Crippen LogP contribution >= 0.6 is 12.2 Å². The standard InChI is InChI=1S/C17H18N2O3S/c1-11-7-4-5-8-12(11)18-17(23)19-16(20)15-13(21-2)9-6-10-14(15)22-3/h4-10H,1-3H3,(H2,18,19,20,23). The number of carbonyl (C=O) groups excluding carboxylic acids is 1. The minimum atomic E-state index is -0.398. The van der Waals surface area contributed by atoms with Gasteiger partial charge in [0.15, 0.2) is 5.11 Å². The summed E-state index contributed by atoms with van der Waals surface area (Å²) in [7, 11) is 2.99. The van der Waals surface area contributed by atoms with Crippen LogP contribution in [0.4, 0.5) is 5.69 Å². The van der Waals surface area contributed by atoms with E-state index in [2.05, 4.69) is 10.6 Å². The molecule has 2 N–H and O–H groups in total. The van der Waals surface area contributed by atoms with Crippen LogP contribution in [0, 0.1) is 6.92 Å². The van der Waals surface area contributed by atoms with Gasteiger partial charge in [-0.05, 0) is 42.9 Å². The Morgan fingerprint density at radius 3 is 2.17 bits per heavy atom. The summed E-state index contributed by atoms with van der Waals surface area (Å²) >= 11 is 5.21. The highest BCUT2D eigenvalue weighted by atomic mass is 32.1. The normalized spacial score (nSPS) is 9.87. The summed E-state index contributed by atoms with van der Waals surface area (Å²) in [5.41, 5.74) is 2.16. The highest BCUT2D eigenvalue weighted by Crippen LogP contribution is 2.28. The van der Waals surface area contributed by atoms with Crippen LogP contribution < -0.4 is 20.1 Å². The van der Waals surface area contributed by atoms with Crippen LogP contribution in [-0.2, 0) is 0 Å². The third-order valence-corrected chi connectivity index (χ3v) is 3.48. The number of aryl methyl sites for hydroxylation is 1. The molecule has 0 aromatic heterocycles. The van der Waals surface area contributed by atoms with Crippen molar-refractivity contribution in [3.05, 3.63) is 53.6 Å². The van der Waals surface area contributed by atoms with E-state index in [-0.39, 0.29) is 5.11 Å². The maximum Gasteiger partial charge on any atom is 0.264 e. The summed E-state index contributed by atoms with van der Waals surface area (Å²) in [6.45, 7) is 1.95. The summed E-state index contributed by atoms with van der Waals surface area (Å²) in [5, 5.41) is 5.85. The Bertz CT molecular complexity index is 709. The summed E-state index contributed by atoms with van der Waals surface area (Å²) in [6, 6.07) is 12.8. The van der Waals surface area contributed by atoms with Crippen LogP contribution in [0.5, 0.6) is 11.5 Å². The van der Waals surface area contributed by atoms with E-state index in [0.717, 1.165) is 11.3 Å². The number of methoxy groups -OCH3 is 2. The van der Waals surface area contributed by atoms with E-state index in [1.54, 1.807) is 18.2 Å². The Labute approximate surface area is 140 Å². The molecule has 0 unspecified atom stereocenters. The van der Waals surface area contributed by atoms with Crippen molar-refractivity contribution in [2.45, 2.75) is 6.92 Å². The van der Waals surface area contributed by atoms with E-state index < -0.39 is 5.91 Å². The van der Waals surface area contributed by atoms with Crippen molar-refractivity contribution in [2.75, 3.05) is 19.5 Å². The molecule has 5 nitrogen and oxygen atoms in total. The highest BCUT2D eigenvalue weighted by molar-refractivity contribution is 7.80. The largest absolute Gasteiger partial charge is 0.496 e. The maximum absolute atomic E-state index is 12.5. The second-order valence-corrected chi connectivity index (χ2v) is 5.17. The zero-order valence-electron chi connectivity index (χ0n) is 13.2. The lowest BCUT2D eigenvalue weighted by atomic mass is 10.1. The van der Waals surface area contributed by atoms with Gasteiger partial charge in [0.25, 0.3) is 5.91 Å². The van der Waals surface area contributed by atoms with Gasteiger partial charge in [-0.2, -0.15) is 0 Å². The fourth-order valence-electron chi connectivity index (χ4n) is 2.11. The molecule has 0 saturated carbocycles. The van der Waals surface area contributed by atoms with Crippen molar-refractivity contribution >= 4 is 28.9 Å². The molecule has 0 bridgehead atoms. The zero-order chi connectivity index (χ0) is 16.8. The Morgan fingerprint density at radius 2 is 1.61 bits per heavy atom. The van der Waals surface area contributed by atoms with Gasteiger partial charge in [-0.3, -0.25) is 10.1 Å². The molecule has 0 aliphatic rings. The molecule has 0 atom stereocenters. The molecule has 120 valence electrons. The van der Waals surface area contributed by atoms with Crippen molar-refractivity contribution in [3.63, 3.8) is 0 Å². The third-order valence-electron chi connectivity index (χ3n) is 3.28. The number of carbonyl (C=O) groups is 1. The molecular formula is C17H18N2O3S. The minimum absolute atomic E-state index is 0.206. The number of thiocarbonyl (C=S) groups is 1. The van der Waals surface area contributed by atoms with Crippen LogP contribution in [0.1, 0.15) is 15.9 Å². The van der Waals surface area contributed by atoms with Crippen molar-refractivity contribution in [3.8, 4) is 11.5 Å². The quantitative estimate of drug-likeness (QED) is 0.844. The second kappa shape index (κ2) is 7.60. The molecule has 0 fully saturated rings. The first-order valence-electron chi connectivity index (χ1n) is 6.95. The van der Waals surface area contributed by atoms with Gasteiger partial charge in [-0.25, -0.2) is 0 Å². The predicted octanol–water partition coefficient (Wildman–Crippen LogP) is 3.14. The van der Waals surface area contributed by atoms with Crippen molar-refractivity contribution in [1.82, 2.24) is 5.32 Å². The van der Waals surface area contributed by atoms with Gasteiger partial charge in [-0.1, -0.05) is 24.3 Å². The fraction of sp³-hybridized carbons (Fsp3) is 0.176. The molecule has 2 aromatic rings. The summed E-state index contributed by atoms with van der Waals surface area (Å²) < 4.78 is 10.4. The van der Waals surface area contributed by atoms with E-state index in [0.29, 0.717) is 17.1 Å². The lowest BCUT2D eigenvalue weighted by Crippen LogP contribution is -2.34. The molecule has 0 saturated heterocycles. The number of benzene rings is 2. The van der Waals surface area contributed by atoms with E-state index in [1.807, 2.05) is 31.2 Å². The van der Waals surface area contributed by atoms with Crippen LogP contribution in [0.15, 0.2) is 42.5 Å². The van der Waals surface area contributed by atoms with Crippen molar-refractivity contribution in [2.24, 2.45) is 0 Å². The molecule has 0 heterocycles. The SMILES string of the molecule is COc1cccc(OC)c1C(=O)NC(=S)Nc1ccccc1C. The highest BCUT2D eigenvalue weighted by Gasteiger charge is 2.19. The van der Waals surface area contributed by atoms with Crippen molar-refractivity contribution in [1.29, 1.82) is 0 Å². The summed E-state index contributed by atoms with van der Waals surface area (Å²) in [5.74, 6) is 0.437. The number of hydrogen-bond acceptors (Lipinski definition) is 4. The molecule has 2 rings (SSSR count). The molecule has 0 radical (unpaired) electrons. The van der Waals surface area contributed by atoms with Gasteiger partial charge in [-0.15, -0.1) is 0 Å². The third kappa shape index (κ3) is 3.98. The molecule has 0 spiro atoms. The Morgan fingerprint density at radius 1 is 1.00 bits per heavy atom. The number of anilines is 1. The zero-order valence-corrected chi connectivity index (χ0v) is 14.0. The minimum Gasteiger partial charge on any atom is -0.496 e. The number of hydrogen-bond donors (Lipinski definition) is 2. The number of para-hydroxylation sites is 1. The molecule has 0 aliphatic carbocycles. The number of amides is 1. The molecule has 0 aliphatic heterocycles. The monoisotopic (exact) mass is 330 g/mol. The fourth-order valence-corrected chi connectivity index (χ4v) is 2.31. The van der Waals surface area contributed by atoms with Crippen LogP contribution in [-0.4, -0.2) is 25.2 Å². The first kappa shape index (κ1) is 16.8. The Kier molecular flexibility index (Phi) is 5.54. The number of ether oxygens (including phenoxy) is 2. The molecule has 6 heteroatoms.